The van der Waals surface area contributed by atoms with Crippen molar-refractivity contribution in [1.29, 1.82) is 0 Å². The van der Waals surface area contributed by atoms with Crippen molar-refractivity contribution >= 4 is 11.8 Å². The average molecular weight is 305 g/mol. The summed E-state index contributed by atoms with van der Waals surface area (Å²) in [5.74, 6) is 2.95. The van der Waals surface area contributed by atoms with Gasteiger partial charge in [0, 0.05) is 13.2 Å². The van der Waals surface area contributed by atoms with Gasteiger partial charge in [0.05, 0.1) is 18.9 Å². The highest BCUT2D eigenvalue weighted by Gasteiger charge is 2.04. The molecule has 0 saturated heterocycles. The largest absolute Gasteiger partial charge is 0.464 e. The Kier molecular flexibility index (Phi) is 6.86. The van der Waals surface area contributed by atoms with Gasteiger partial charge in [0.25, 0.3) is 0 Å². The number of benzene rings is 1. The molecule has 4 heteroatoms. The number of rotatable bonds is 9. The van der Waals surface area contributed by atoms with Crippen LogP contribution in [0.25, 0.3) is 0 Å². The zero-order valence-corrected chi connectivity index (χ0v) is 13.5. The predicted octanol–water partition coefficient (Wildman–Crippen LogP) is 3.97. The van der Waals surface area contributed by atoms with Gasteiger partial charge in [0.15, 0.2) is 0 Å². The van der Waals surface area contributed by atoms with Gasteiger partial charge in [-0.05, 0) is 36.4 Å². The van der Waals surface area contributed by atoms with Gasteiger partial charge >= 0.3 is 0 Å². The van der Waals surface area contributed by atoms with Crippen molar-refractivity contribution in [1.82, 2.24) is 5.32 Å². The molecule has 114 valence electrons. The zero-order chi connectivity index (χ0) is 14.9. The Bertz CT molecular complexity index is 539. The van der Waals surface area contributed by atoms with Crippen LogP contribution in [0.4, 0.5) is 0 Å². The first kappa shape index (κ1) is 16.1. The average Bonchev–Trinajstić information content (AvgIpc) is 2.94. The molecular formula is C17H23NO2S. The summed E-state index contributed by atoms with van der Waals surface area (Å²) in [6.07, 6.45) is 2.08. The van der Waals surface area contributed by atoms with Gasteiger partial charge < -0.3 is 14.5 Å². The van der Waals surface area contributed by atoms with E-state index in [-0.39, 0.29) is 0 Å². The Morgan fingerprint density at radius 3 is 2.57 bits per heavy atom. The Hall–Kier alpha value is -1.23. The van der Waals surface area contributed by atoms with Crippen LogP contribution in [0.1, 0.15) is 29.6 Å². The quantitative estimate of drug-likeness (QED) is 0.760. The lowest BCUT2D eigenvalue weighted by atomic mass is 10.1. The smallest absolute Gasteiger partial charge is 0.118 e. The SMILES string of the molecule is CCOCc1ccccc1CNCc1ccc(CSC)o1. The summed E-state index contributed by atoms with van der Waals surface area (Å²) in [6, 6.07) is 12.5. The summed E-state index contributed by atoms with van der Waals surface area (Å²) >= 11 is 1.77. The maximum atomic E-state index is 5.75. The molecule has 0 radical (unpaired) electrons. The minimum Gasteiger partial charge on any atom is -0.464 e. The Labute approximate surface area is 131 Å². The van der Waals surface area contributed by atoms with Crippen molar-refractivity contribution in [3.05, 3.63) is 59.0 Å². The second-order valence-electron chi connectivity index (χ2n) is 4.81. The number of thioether (sulfide) groups is 1. The van der Waals surface area contributed by atoms with E-state index < -0.39 is 0 Å². The Balaban J connectivity index is 1.84. The van der Waals surface area contributed by atoms with E-state index in [9.17, 15) is 0 Å². The van der Waals surface area contributed by atoms with Gasteiger partial charge in [-0.25, -0.2) is 0 Å². The molecule has 0 bridgehead atoms. The van der Waals surface area contributed by atoms with Crippen LogP contribution in [0.3, 0.4) is 0 Å². The molecule has 0 amide bonds. The molecule has 0 unspecified atom stereocenters. The van der Waals surface area contributed by atoms with Crippen molar-refractivity contribution in [3.63, 3.8) is 0 Å². The second-order valence-corrected chi connectivity index (χ2v) is 5.68. The maximum absolute atomic E-state index is 5.75. The van der Waals surface area contributed by atoms with Crippen LogP contribution in [-0.2, 0) is 30.2 Å². The van der Waals surface area contributed by atoms with Crippen LogP contribution < -0.4 is 5.32 Å². The molecule has 21 heavy (non-hydrogen) atoms. The number of furan rings is 1. The Morgan fingerprint density at radius 1 is 1.05 bits per heavy atom. The molecule has 1 heterocycles. The first-order valence-corrected chi connectivity index (χ1v) is 8.64. The van der Waals surface area contributed by atoms with E-state index in [1.54, 1.807) is 11.8 Å². The van der Waals surface area contributed by atoms with E-state index in [1.165, 1.54) is 11.1 Å². The van der Waals surface area contributed by atoms with Crippen LogP contribution in [0.2, 0.25) is 0 Å². The molecule has 3 nitrogen and oxygen atoms in total. The Morgan fingerprint density at radius 2 is 1.81 bits per heavy atom. The van der Waals surface area contributed by atoms with Crippen molar-refractivity contribution in [3.8, 4) is 0 Å². The van der Waals surface area contributed by atoms with Crippen molar-refractivity contribution in [2.24, 2.45) is 0 Å². The molecule has 0 atom stereocenters. The number of hydrogen-bond acceptors (Lipinski definition) is 4. The monoisotopic (exact) mass is 305 g/mol. The van der Waals surface area contributed by atoms with E-state index in [2.05, 4.69) is 41.9 Å². The van der Waals surface area contributed by atoms with Crippen LogP contribution in [0.15, 0.2) is 40.8 Å². The molecule has 0 saturated carbocycles. The third-order valence-corrected chi connectivity index (χ3v) is 3.77. The van der Waals surface area contributed by atoms with Gasteiger partial charge in [-0.3, -0.25) is 0 Å². The zero-order valence-electron chi connectivity index (χ0n) is 12.7. The summed E-state index contributed by atoms with van der Waals surface area (Å²) in [5.41, 5.74) is 2.52. The van der Waals surface area contributed by atoms with Gasteiger partial charge in [0.1, 0.15) is 11.5 Å². The molecule has 0 aliphatic rings. The molecule has 0 aliphatic carbocycles. The summed E-state index contributed by atoms with van der Waals surface area (Å²) in [4.78, 5) is 0. The fraction of sp³-hybridized carbons (Fsp3) is 0.412. The summed E-state index contributed by atoms with van der Waals surface area (Å²) in [7, 11) is 0. The van der Waals surface area contributed by atoms with E-state index in [0.717, 1.165) is 37.0 Å². The fourth-order valence-electron chi connectivity index (χ4n) is 2.14. The van der Waals surface area contributed by atoms with E-state index in [4.69, 9.17) is 9.15 Å². The molecule has 0 aliphatic heterocycles. The van der Waals surface area contributed by atoms with Gasteiger partial charge in [-0.15, -0.1) is 0 Å². The van der Waals surface area contributed by atoms with E-state index in [1.807, 2.05) is 13.0 Å². The van der Waals surface area contributed by atoms with Gasteiger partial charge in [0.2, 0.25) is 0 Å². The lowest BCUT2D eigenvalue weighted by Gasteiger charge is -2.10. The van der Waals surface area contributed by atoms with E-state index >= 15 is 0 Å². The lowest BCUT2D eigenvalue weighted by molar-refractivity contribution is 0.133. The van der Waals surface area contributed by atoms with E-state index in [0.29, 0.717) is 6.61 Å². The lowest BCUT2D eigenvalue weighted by Crippen LogP contribution is -2.14. The van der Waals surface area contributed by atoms with Crippen molar-refractivity contribution in [2.45, 2.75) is 32.4 Å². The summed E-state index contributed by atoms with van der Waals surface area (Å²) in [6.45, 7) is 5.00. The minimum absolute atomic E-state index is 0.674. The molecule has 2 aromatic rings. The van der Waals surface area contributed by atoms with Crippen molar-refractivity contribution in [2.75, 3.05) is 12.9 Å². The van der Waals surface area contributed by atoms with Crippen LogP contribution >= 0.6 is 11.8 Å². The molecule has 1 aromatic heterocycles. The third kappa shape index (κ3) is 5.23. The standard InChI is InChI=1S/C17H23NO2S/c1-3-19-12-15-7-5-4-6-14(15)10-18-11-16-8-9-17(20-16)13-21-2/h4-9,18H,3,10-13H2,1-2H3. The minimum atomic E-state index is 0.674. The van der Waals surface area contributed by atoms with Crippen LogP contribution in [-0.4, -0.2) is 12.9 Å². The molecular weight excluding hydrogens is 282 g/mol. The number of nitrogens with one attached hydrogen (secondary N) is 1. The van der Waals surface area contributed by atoms with Crippen LogP contribution in [0.5, 0.6) is 0 Å². The molecule has 1 N–H and O–H groups in total. The topological polar surface area (TPSA) is 34.4 Å². The fourth-order valence-corrected chi connectivity index (χ4v) is 2.58. The number of ether oxygens (including phenoxy) is 1. The summed E-state index contributed by atoms with van der Waals surface area (Å²) < 4.78 is 11.3. The molecule has 0 spiro atoms. The number of hydrogen-bond donors (Lipinski definition) is 1. The first-order chi connectivity index (χ1) is 10.3. The summed E-state index contributed by atoms with van der Waals surface area (Å²) in [5, 5.41) is 3.43. The first-order valence-electron chi connectivity index (χ1n) is 7.25. The predicted molar refractivity (Wildman–Crippen MR) is 88.2 cm³/mol. The normalized spacial score (nSPS) is 11.0. The highest BCUT2D eigenvalue weighted by atomic mass is 32.2. The van der Waals surface area contributed by atoms with Crippen LogP contribution in [0, 0.1) is 0 Å². The molecule has 1 aromatic carbocycles. The third-order valence-electron chi connectivity index (χ3n) is 3.20. The van der Waals surface area contributed by atoms with Crippen molar-refractivity contribution < 1.29 is 9.15 Å². The highest BCUT2D eigenvalue weighted by molar-refractivity contribution is 7.97. The molecule has 0 fully saturated rings. The molecule has 2 rings (SSSR count). The van der Waals surface area contributed by atoms with Gasteiger partial charge in [-0.1, -0.05) is 24.3 Å². The highest BCUT2D eigenvalue weighted by Crippen LogP contribution is 2.14. The second kappa shape index (κ2) is 8.93. The maximum Gasteiger partial charge on any atom is 0.118 e. The van der Waals surface area contributed by atoms with Gasteiger partial charge in [-0.2, -0.15) is 11.8 Å².